The quantitative estimate of drug-likeness (QED) is 0.530. The van der Waals surface area contributed by atoms with E-state index in [0.717, 1.165) is 12.1 Å². The van der Waals surface area contributed by atoms with Crippen molar-refractivity contribution in [2.45, 2.75) is 39.6 Å². The lowest BCUT2D eigenvalue weighted by atomic mass is 9.89. The van der Waals surface area contributed by atoms with Gasteiger partial charge in [0.2, 0.25) is 5.91 Å². The fourth-order valence-corrected chi connectivity index (χ4v) is 2.44. The first-order chi connectivity index (χ1) is 13.3. The molecule has 29 heavy (non-hydrogen) atoms. The van der Waals surface area contributed by atoms with Gasteiger partial charge in [-0.25, -0.2) is 4.99 Å². The van der Waals surface area contributed by atoms with Crippen molar-refractivity contribution >= 4 is 11.9 Å². The van der Waals surface area contributed by atoms with Crippen LogP contribution in [0.3, 0.4) is 0 Å². The highest BCUT2D eigenvalue weighted by molar-refractivity contribution is 5.86. The van der Waals surface area contributed by atoms with E-state index in [-0.39, 0.29) is 30.5 Å². The zero-order valence-corrected chi connectivity index (χ0v) is 17.9. The number of aliphatic imine (C=N–C) groups is 1. The Kier molecular flexibility index (Phi) is 8.94. The number of rotatable bonds is 7. The third kappa shape index (κ3) is 8.72. The van der Waals surface area contributed by atoms with Gasteiger partial charge >= 0.3 is 6.18 Å². The van der Waals surface area contributed by atoms with Crippen LogP contribution in [-0.4, -0.2) is 57.2 Å². The van der Waals surface area contributed by atoms with Gasteiger partial charge in [0, 0.05) is 27.7 Å². The second-order valence-electron chi connectivity index (χ2n) is 7.98. The molecule has 1 rings (SSSR count). The van der Waals surface area contributed by atoms with Crippen molar-refractivity contribution < 1.29 is 22.7 Å². The molecule has 164 valence electrons. The number of hydrogen-bond acceptors (Lipinski definition) is 3. The highest BCUT2D eigenvalue weighted by atomic mass is 19.4. The molecule has 0 saturated heterocycles. The van der Waals surface area contributed by atoms with Crippen LogP contribution in [0.2, 0.25) is 0 Å². The molecular formula is C20H31F3N4O2. The predicted molar refractivity (Wildman–Crippen MR) is 108 cm³/mol. The fraction of sp³-hybridized carbons (Fsp3) is 0.600. The minimum Gasteiger partial charge on any atom is -0.379 e. The highest BCUT2D eigenvalue weighted by Gasteiger charge is 2.30. The van der Waals surface area contributed by atoms with Crippen LogP contribution in [0.1, 0.15) is 31.9 Å². The third-order valence-electron chi connectivity index (χ3n) is 4.29. The molecule has 6 nitrogen and oxygen atoms in total. The second-order valence-corrected chi connectivity index (χ2v) is 7.98. The van der Waals surface area contributed by atoms with E-state index in [4.69, 9.17) is 4.74 Å². The number of likely N-dealkylation sites (N-methyl/N-ethyl adjacent to an activating group) is 1. The summed E-state index contributed by atoms with van der Waals surface area (Å²) in [5.74, 6) is 0.168. The van der Waals surface area contributed by atoms with Gasteiger partial charge in [0.1, 0.15) is 0 Å². The number of alkyl halides is 3. The van der Waals surface area contributed by atoms with E-state index in [0.29, 0.717) is 18.1 Å². The SMILES string of the molecule is COC(CNC(=NCc1cccc(C(F)(F)F)c1)NCC(=O)N(C)C)C(C)(C)C. The van der Waals surface area contributed by atoms with Gasteiger partial charge in [-0.2, -0.15) is 13.2 Å². The van der Waals surface area contributed by atoms with Gasteiger partial charge in [0.05, 0.1) is 24.8 Å². The smallest absolute Gasteiger partial charge is 0.379 e. The number of amides is 1. The summed E-state index contributed by atoms with van der Waals surface area (Å²) < 4.78 is 44.2. The molecule has 1 aromatic rings. The predicted octanol–water partition coefficient (Wildman–Crippen LogP) is 2.89. The molecule has 1 unspecified atom stereocenters. The Morgan fingerprint density at radius 3 is 2.38 bits per heavy atom. The molecule has 0 heterocycles. The average molecular weight is 416 g/mol. The number of benzene rings is 1. The Morgan fingerprint density at radius 1 is 1.21 bits per heavy atom. The Labute approximate surface area is 170 Å². The van der Waals surface area contributed by atoms with Crippen LogP contribution < -0.4 is 10.6 Å². The topological polar surface area (TPSA) is 66.0 Å². The number of guanidine groups is 1. The molecule has 0 fully saturated rings. The number of nitrogens with one attached hydrogen (secondary N) is 2. The molecule has 1 atom stereocenters. The normalized spacial score (nSPS) is 13.8. The first kappa shape index (κ1) is 24.7. The molecule has 0 spiro atoms. The van der Waals surface area contributed by atoms with Crippen molar-refractivity contribution in [3.63, 3.8) is 0 Å². The van der Waals surface area contributed by atoms with Crippen LogP contribution in [0.4, 0.5) is 13.2 Å². The van der Waals surface area contributed by atoms with Gasteiger partial charge < -0.3 is 20.3 Å². The van der Waals surface area contributed by atoms with Crippen molar-refractivity contribution in [1.82, 2.24) is 15.5 Å². The molecular weight excluding hydrogens is 385 g/mol. The van der Waals surface area contributed by atoms with Gasteiger partial charge in [0.25, 0.3) is 0 Å². The van der Waals surface area contributed by atoms with Gasteiger partial charge in [-0.05, 0) is 23.1 Å². The lowest BCUT2D eigenvalue weighted by Crippen LogP contribution is -2.47. The van der Waals surface area contributed by atoms with E-state index in [9.17, 15) is 18.0 Å². The summed E-state index contributed by atoms with van der Waals surface area (Å²) in [6, 6.07) is 5.02. The Morgan fingerprint density at radius 2 is 1.86 bits per heavy atom. The highest BCUT2D eigenvalue weighted by Crippen LogP contribution is 2.29. The molecule has 9 heteroatoms. The first-order valence-corrected chi connectivity index (χ1v) is 9.26. The van der Waals surface area contributed by atoms with Crippen molar-refractivity contribution in [2.24, 2.45) is 10.4 Å². The lowest BCUT2D eigenvalue weighted by molar-refractivity contribution is -0.137. The number of ether oxygens (including phenoxy) is 1. The Bertz CT molecular complexity index is 698. The van der Waals surface area contributed by atoms with E-state index in [1.807, 2.05) is 20.8 Å². The number of nitrogens with zero attached hydrogens (tertiary/aromatic N) is 2. The van der Waals surface area contributed by atoms with Crippen LogP contribution in [0.25, 0.3) is 0 Å². The van der Waals surface area contributed by atoms with Crippen LogP contribution in [0.15, 0.2) is 29.3 Å². The zero-order chi connectivity index (χ0) is 22.2. The molecule has 0 aliphatic heterocycles. The minimum atomic E-state index is -4.41. The molecule has 1 aromatic carbocycles. The van der Waals surface area contributed by atoms with Crippen LogP contribution in [0.5, 0.6) is 0 Å². The number of halogens is 3. The van der Waals surface area contributed by atoms with Crippen molar-refractivity contribution in [3.8, 4) is 0 Å². The zero-order valence-electron chi connectivity index (χ0n) is 17.9. The average Bonchev–Trinajstić information content (AvgIpc) is 2.61. The number of methoxy groups -OCH3 is 1. The largest absolute Gasteiger partial charge is 0.416 e. The second kappa shape index (κ2) is 10.5. The maximum Gasteiger partial charge on any atom is 0.416 e. The van der Waals surface area contributed by atoms with Gasteiger partial charge in [-0.1, -0.05) is 32.9 Å². The summed E-state index contributed by atoms with van der Waals surface area (Å²) in [5, 5.41) is 6.02. The molecule has 0 aliphatic carbocycles. The minimum absolute atomic E-state index is 0.00852. The van der Waals surface area contributed by atoms with Crippen LogP contribution in [-0.2, 0) is 22.3 Å². The van der Waals surface area contributed by atoms with Gasteiger partial charge in [0.15, 0.2) is 5.96 Å². The summed E-state index contributed by atoms with van der Waals surface area (Å²) in [6.45, 7) is 6.56. The summed E-state index contributed by atoms with van der Waals surface area (Å²) >= 11 is 0. The maximum atomic E-state index is 12.9. The molecule has 0 radical (unpaired) electrons. The van der Waals surface area contributed by atoms with Crippen LogP contribution in [0, 0.1) is 5.41 Å². The Balaban J connectivity index is 2.93. The van der Waals surface area contributed by atoms with Crippen molar-refractivity contribution in [3.05, 3.63) is 35.4 Å². The fourth-order valence-electron chi connectivity index (χ4n) is 2.44. The number of carbonyl (C=O) groups excluding carboxylic acids is 1. The standard InChI is InChI=1S/C20H31F3N4O2/c1-19(2,3)16(29-6)12-25-18(26-13-17(28)27(4)5)24-11-14-8-7-9-15(10-14)20(21,22)23/h7-10,16H,11-13H2,1-6H3,(H2,24,25,26). The van der Waals surface area contributed by atoms with E-state index in [2.05, 4.69) is 15.6 Å². The molecule has 1 amide bonds. The summed E-state index contributed by atoms with van der Waals surface area (Å²) in [5.41, 5.74) is -0.436. The summed E-state index contributed by atoms with van der Waals surface area (Å²) in [4.78, 5) is 17.6. The van der Waals surface area contributed by atoms with Crippen LogP contribution >= 0.6 is 0 Å². The maximum absolute atomic E-state index is 12.9. The first-order valence-electron chi connectivity index (χ1n) is 9.26. The summed E-state index contributed by atoms with van der Waals surface area (Å²) in [7, 11) is 4.88. The Hall–Kier alpha value is -2.29. The monoisotopic (exact) mass is 416 g/mol. The van der Waals surface area contributed by atoms with E-state index >= 15 is 0 Å². The molecule has 0 bridgehead atoms. The van der Waals surface area contributed by atoms with Crippen molar-refractivity contribution in [1.29, 1.82) is 0 Å². The number of carbonyl (C=O) groups is 1. The lowest BCUT2D eigenvalue weighted by Gasteiger charge is -2.30. The van der Waals surface area contributed by atoms with E-state index in [1.54, 1.807) is 27.3 Å². The molecule has 2 N–H and O–H groups in total. The molecule has 0 aliphatic rings. The number of hydrogen-bond donors (Lipinski definition) is 2. The molecule has 0 aromatic heterocycles. The third-order valence-corrected chi connectivity index (χ3v) is 4.29. The molecule has 0 saturated carbocycles. The van der Waals surface area contributed by atoms with Gasteiger partial charge in [-0.3, -0.25) is 4.79 Å². The van der Waals surface area contributed by atoms with Gasteiger partial charge in [-0.15, -0.1) is 0 Å². The van der Waals surface area contributed by atoms with Crippen molar-refractivity contribution in [2.75, 3.05) is 34.3 Å². The van der Waals surface area contributed by atoms with E-state index < -0.39 is 11.7 Å². The summed E-state index contributed by atoms with van der Waals surface area (Å²) in [6.07, 6.45) is -4.54. The van der Waals surface area contributed by atoms with E-state index in [1.165, 1.54) is 11.0 Å².